The molecule has 0 spiro atoms. The van der Waals surface area contributed by atoms with Crippen LogP contribution in [0.15, 0.2) is 12.3 Å². The van der Waals surface area contributed by atoms with Crippen molar-refractivity contribution >= 4 is 11.7 Å². The van der Waals surface area contributed by atoms with Crippen molar-refractivity contribution in [3.8, 4) is 0 Å². The van der Waals surface area contributed by atoms with Crippen LogP contribution in [0.4, 0.5) is 5.82 Å². The maximum atomic E-state index is 11.4. The van der Waals surface area contributed by atoms with Gasteiger partial charge in [-0.1, -0.05) is 6.92 Å². The first-order valence-electron chi connectivity index (χ1n) is 5.14. The fourth-order valence-electron chi connectivity index (χ4n) is 1.08. The van der Waals surface area contributed by atoms with Crippen molar-refractivity contribution in [3.05, 3.63) is 12.3 Å². The van der Waals surface area contributed by atoms with Crippen LogP contribution in [0.25, 0.3) is 0 Å². The highest BCUT2D eigenvalue weighted by molar-refractivity contribution is 5.91. The van der Waals surface area contributed by atoms with Crippen LogP contribution in [0.5, 0.6) is 0 Å². The average molecular weight is 210 g/mol. The maximum absolute atomic E-state index is 11.4. The summed E-state index contributed by atoms with van der Waals surface area (Å²) in [5.41, 5.74) is 0. The number of amides is 1. The zero-order chi connectivity index (χ0) is 11.3. The van der Waals surface area contributed by atoms with E-state index in [4.69, 9.17) is 0 Å². The monoisotopic (exact) mass is 210 g/mol. The van der Waals surface area contributed by atoms with Crippen LogP contribution in [0.3, 0.4) is 0 Å². The molecule has 0 saturated heterocycles. The molecule has 0 radical (unpaired) electrons. The molecule has 0 fully saturated rings. The summed E-state index contributed by atoms with van der Waals surface area (Å²) in [6.45, 7) is 4.45. The number of hydrogen-bond acceptors (Lipinski definition) is 3. The van der Waals surface area contributed by atoms with Crippen molar-refractivity contribution in [2.75, 3.05) is 11.9 Å². The van der Waals surface area contributed by atoms with Gasteiger partial charge in [-0.15, -0.1) is 0 Å². The van der Waals surface area contributed by atoms with Crippen molar-refractivity contribution in [3.63, 3.8) is 0 Å². The molecular weight excluding hydrogens is 192 g/mol. The van der Waals surface area contributed by atoms with Crippen LogP contribution in [-0.4, -0.2) is 28.3 Å². The molecule has 2 N–H and O–H groups in total. The first-order chi connectivity index (χ1) is 7.11. The number of nitrogens with one attached hydrogen (secondary N) is 2. The van der Waals surface area contributed by atoms with E-state index in [-0.39, 0.29) is 5.91 Å². The lowest BCUT2D eigenvalue weighted by molar-refractivity contribution is -0.115. The normalized spacial score (nSPS) is 12.5. The molecule has 1 atom stereocenters. The van der Waals surface area contributed by atoms with Gasteiger partial charge in [-0.25, -0.2) is 0 Å². The molecule has 1 heterocycles. The van der Waals surface area contributed by atoms with Crippen LogP contribution in [-0.2, 0) is 11.8 Å². The van der Waals surface area contributed by atoms with Gasteiger partial charge in [-0.3, -0.25) is 9.48 Å². The Morgan fingerprint density at radius 2 is 2.40 bits per heavy atom. The molecule has 1 aromatic heterocycles. The van der Waals surface area contributed by atoms with Crippen molar-refractivity contribution in [2.24, 2.45) is 7.05 Å². The molecule has 15 heavy (non-hydrogen) atoms. The highest BCUT2D eigenvalue weighted by Crippen LogP contribution is 1.99. The highest BCUT2D eigenvalue weighted by atomic mass is 16.2. The lowest BCUT2D eigenvalue weighted by Crippen LogP contribution is -2.34. The van der Waals surface area contributed by atoms with Gasteiger partial charge in [0.2, 0.25) is 5.91 Å². The number of anilines is 1. The number of carbonyl (C=O) groups excluding carboxylic acids is 1. The summed E-state index contributed by atoms with van der Waals surface area (Å²) >= 11 is 0. The van der Waals surface area contributed by atoms with Gasteiger partial charge in [0.15, 0.2) is 5.82 Å². The first-order valence-corrected chi connectivity index (χ1v) is 5.14. The van der Waals surface area contributed by atoms with Crippen molar-refractivity contribution < 1.29 is 4.79 Å². The zero-order valence-corrected chi connectivity index (χ0v) is 9.45. The number of hydrogen-bond donors (Lipinski definition) is 2. The number of rotatable bonds is 5. The number of aromatic nitrogens is 2. The topological polar surface area (TPSA) is 59.0 Å². The van der Waals surface area contributed by atoms with Crippen LogP contribution in [0.2, 0.25) is 0 Å². The molecule has 0 saturated carbocycles. The highest BCUT2D eigenvalue weighted by Gasteiger charge is 2.05. The molecule has 5 heteroatoms. The van der Waals surface area contributed by atoms with E-state index in [1.807, 2.05) is 14.0 Å². The molecular formula is C10H18N4O. The summed E-state index contributed by atoms with van der Waals surface area (Å²) in [6, 6.07) is 2.13. The summed E-state index contributed by atoms with van der Waals surface area (Å²) in [6.07, 6.45) is 2.80. The maximum Gasteiger partial charge on any atom is 0.239 e. The molecule has 0 bridgehead atoms. The first kappa shape index (κ1) is 11.7. The predicted molar refractivity (Wildman–Crippen MR) is 59.6 cm³/mol. The summed E-state index contributed by atoms with van der Waals surface area (Å²) in [4.78, 5) is 11.4. The Kier molecular flexibility index (Phi) is 4.30. The quantitative estimate of drug-likeness (QED) is 0.754. The molecule has 0 aliphatic rings. The van der Waals surface area contributed by atoms with Crippen LogP contribution in [0, 0.1) is 0 Å². The van der Waals surface area contributed by atoms with E-state index >= 15 is 0 Å². The van der Waals surface area contributed by atoms with Crippen LogP contribution >= 0.6 is 0 Å². The van der Waals surface area contributed by atoms with Gasteiger partial charge < -0.3 is 10.6 Å². The van der Waals surface area contributed by atoms with Gasteiger partial charge in [0, 0.05) is 25.4 Å². The minimum Gasteiger partial charge on any atom is -0.308 e. The summed E-state index contributed by atoms with van der Waals surface area (Å²) in [5.74, 6) is 0.530. The third-order valence-electron chi connectivity index (χ3n) is 2.20. The Labute approximate surface area is 89.9 Å². The van der Waals surface area contributed by atoms with E-state index in [9.17, 15) is 4.79 Å². The van der Waals surface area contributed by atoms with E-state index in [1.165, 1.54) is 0 Å². The Hall–Kier alpha value is -1.36. The van der Waals surface area contributed by atoms with Crippen molar-refractivity contribution in [1.29, 1.82) is 0 Å². The second kappa shape index (κ2) is 5.50. The third-order valence-corrected chi connectivity index (χ3v) is 2.20. The second-order valence-electron chi connectivity index (χ2n) is 3.61. The molecule has 1 amide bonds. The van der Waals surface area contributed by atoms with Gasteiger partial charge in [-0.05, 0) is 13.3 Å². The third kappa shape index (κ3) is 4.12. The number of carbonyl (C=O) groups is 1. The standard InChI is InChI=1S/C10H18N4O/c1-4-8(2)11-7-10(15)12-9-5-6-14(3)13-9/h5-6,8,11H,4,7H2,1-3H3,(H,12,13,15). The molecule has 1 aromatic rings. The molecule has 1 rings (SSSR count). The fraction of sp³-hybridized carbons (Fsp3) is 0.600. The van der Waals surface area contributed by atoms with Gasteiger partial charge >= 0.3 is 0 Å². The number of aryl methyl sites for hydroxylation is 1. The van der Waals surface area contributed by atoms with Gasteiger partial charge in [0.1, 0.15) is 0 Å². The molecule has 0 aliphatic carbocycles. The minimum absolute atomic E-state index is 0.0611. The summed E-state index contributed by atoms with van der Waals surface area (Å²) in [7, 11) is 1.81. The van der Waals surface area contributed by atoms with Crippen LogP contribution in [0.1, 0.15) is 20.3 Å². The zero-order valence-electron chi connectivity index (χ0n) is 9.45. The van der Waals surface area contributed by atoms with E-state index in [1.54, 1.807) is 16.9 Å². The molecule has 0 aliphatic heterocycles. The Bertz CT molecular complexity index is 321. The lowest BCUT2D eigenvalue weighted by atomic mass is 10.2. The van der Waals surface area contributed by atoms with Crippen LogP contribution < -0.4 is 10.6 Å². The molecule has 5 nitrogen and oxygen atoms in total. The largest absolute Gasteiger partial charge is 0.308 e. The summed E-state index contributed by atoms with van der Waals surface area (Å²) < 4.78 is 1.65. The van der Waals surface area contributed by atoms with Gasteiger partial charge in [-0.2, -0.15) is 5.10 Å². The molecule has 1 unspecified atom stereocenters. The van der Waals surface area contributed by atoms with Gasteiger partial charge in [0.05, 0.1) is 6.54 Å². The smallest absolute Gasteiger partial charge is 0.239 e. The Balaban J connectivity index is 2.30. The molecule has 0 aromatic carbocycles. The molecule has 84 valence electrons. The van der Waals surface area contributed by atoms with E-state index < -0.39 is 0 Å². The predicted octanol–water partition coefficient (Wildman–Crippen LogP) is 0.747. The van der Waals surface area contributed by atoms with E-state index in [2.05, 4.69) is 22.7 Å². The fourth-order valence-corrected chi connectivity index (χ4v) is 1.08. The SMILES string of the molecule is CCC(C)NCC(=O)Nc1ccn(C)n1. The lowest BCUT2D eigenvalue weighted by Gasteiger charge is -2.10. The summed E-state index contributed by atoms with van der Waals surface area (Å²) in [5, 5.41) is 9.88. The Morgan fingerprint density at radius 3 is 2.93 bits per heavy atom. The van der Waals surface area contributed by atoms with E-state index in [0.29, 0.717) is 18.4 Å². The van der Waals surface area contributed by atoms with E-state index in [0.717, 1.165) is 6.42 Å². The van der Waals surface area contributed by atoms with Gasteiger partial charge in [0.25, 0.3) is 0 Å². The van der Waals surface area contributed by atoms with Crippen molar-refractivity contribution in [2.45, 2.75) is 26.3 Å². The Morgan fingerprint density at radius 1 is 1.67 bits per heavy atom. The average Bonchev–Trinajstić information content (AvgIpc) is 2.60. The minimum atomic E-state index is -0.0611. The number of nitrogens with zero attached hydrogens (tertiary/aromatic N) is 2. The second-order valence-corrected chi connectivity index (χ2v) is 3.61. The van der Waals surface area contributed by atoms with Crippen molar-refractivity contribution in [1.82, 2.24) is 15.1 Å².